The summed E-state index contributed by atoms with van der Waals surface area (Å²) in [6, 6.07) is 21.6. The number of aryl methyl sites for hydroxylation is 1. The summed E-state index contributed by atoms with van der Waals surface area (Å²) < 4.78 is 6.00. The minimum atomic E-state index is -0.901. The Morgan fingerprint density at radius 2 is 1.64 bits per heavy atom. The van der Waals surface area contributed by atoms with E-state index in [2.05, 4.69) is 33.1 Å². The topological polar surface area (TPSA) is 58.6 Å². The van der Waals surface area contributed by atoms with Gasteiger partial charge in [-0.25, -0.2) is 0 Å². The first-order valence-electron chi connectivity index (χ1n) is 11.7. The van der Waals surface area contributed by atoms with Crippen LogP contribution in [0.15, 0.2) is 77.3 Å². The Bertz CT molecular complexity index is 1270. The van der Waals surface area contributed by atoms with E-state index in [1.165, 1.54) is 4.90 Å². The first kappa shape index (κ1) is 27.0. The molecule has 36 heavy (non-hydrogen) atoms. The fraction of sp³-hybridized carbons (Fsp3) is 0.267. The Labute approximate surface area is 222 Å². The molecule has 1 unspecified atom stereocenters. The zero-order valence-electron chi connectivity index (χ0n) is 21.3. The number of hydrogen-bond donors (Lipinski definition) is 1. The van der Waals surface area contributed by atoms with Crippen molar-refractivity contribution >= 4 is 27.7 Å². The van der Waals surface area contributed by atoms with Crippen molar-refractivity contribution < 1.29 is 14.3 Å². The summed E-state index contributed by atoms with van der Waals surface area (Å²) in [5, 5.41) is 3.04. The van der Waals surface area contributed by atoms with Gasteiger partial charge < -0.3 is 15.0 Å². The van der Waals surface area contributed by atoms with Gasteiger partial charge in [-0.3, -0.25) is 9.59 Å². The predicted molar refractivity (Wildman–Crippen MR) is 146 cm³/mol. The molecule has 0 aliphatic carbocycles. The lowest BCUT2D eigenvalue weighted by atomic mass is 10.0. The summed E-state index contributed by atoms with van der Waals surface area (Å²) in [5.41, 5.74) is 2.88. The summed E-state index contributed by atoms with van der Waals surface area (Å²) in [6.45, 7) is 7.92. The van der Waals surface area contributed by atoms with Crippen LogP contribution in [0.4, 0.5) is 0 Å². The molecule has 0 radical (unpaired) electrons. The molecule has 1 N–H and O–H groups in total. The number of nitrogens with one attached hydrogen (secondary N) is 1. The Kier molecular flexibility index (Phi) is 8.95. The lowest BCUT2D eigenvalue weighted by Gasteiger charge is -2.33. The standard InChI is InChI=1S/C30H31BrN2O3/c1-21-10-12-22(13-11-21)16-19-27(34)33(20-23-14-17-24(36-5)18-15-23)28(29(35)32-30(2,3)4)25-8-6-7-9-26(25)31/h6-15,17-18,28H,20H2,1-5H3,(H,32,35). The van der Waals surface area contributed by atoms with Crippen molar-refractivity contribution in [2.75, 3.05) is 7.11 Å². The average Bonchev–Trinajstić information content (AvgIpc) is 2.83. The van der Waals surface area contributed by atoms with Gasteiger partial charge in [-0.2, -0.15) is 0 Å². The van der Waals surface area contributed by atoms with E-state index in [1.807, 2.05) is 100 Å². The number of carbonyl (C=O) groups excluding carboxylic acids is 2. The molecule has 0 aliphatic heterocycles. The van der Waals surface area contributed by atoms with Gasteiger partial charge in [-0.05, 0) is 69.2 Å². The second-order valence-corrected chi connectivity index (χ2v) is 10.4. The average molecular weight is 547 g/mol. The minimum absolute atomic E-state index is 0.189. The van der Waals surface area contributed by atoms with Gasteiger partial charge in [-0.15, -0.1) is 0 Å². The largest absolute Gasteiger partial charge is 0.497 e. The quantitative estimate of drug-likeness (QED) is 0.397. The van der Waals surface area contributed by atoms with Gasteiger partial charge in [0.1, 0.15) is 11.8 Å². The molecule has 3 rings (SSSR count). The van der Waals surface area contributed by atoms with Gasteiger partial charge in [0.2, 0.25) is 5.91 Å². The van der Waals surface area contributed by atoms with Crippen molar-refractivity contribution in [1.29, 1.82) is 0 Å². The van der Waals surface area contributed by atoms with Crippen molar-refractivity contribution in [3.05, 3.63) is 99.5 Å². The van der Waals surface area contributed by atoms with E-state index in [9.17, 15) is 9.59 Å². The highest BCUT2D eigenvalue weighted by Gasteiger charge is 2.34. The lowest BCUT2D eigenvalue weighted by molar-refractivity contribution is -0.138. The van der Waals surface area contributed by atoms with Crippen molar-refractivity contribution in [3.63, 3.8) is 0 Å². The summed E-state index contributed by atoms with van der Waals surface area (Å²) >= 11 is 3.58. The van der Waals surface area contributed by atoms with Crippen LogP contribution in [0.25, 0.3) is 0 Å². The highest BCUT2D eigenvalue weighted by Crippen LogP contribution is 2.30. The lowest BCUT2D eigenvalue weighted by Crippen LogP contribution is -2.49. The maximum atomic E-state index is 13.7. The van der Waals surface area contributed by atoms with E-state index in [-0.39, 0.29) is 12.5 Å². The molecule has 1 atom stereocenters. The van der Waals surface area contributed by atoms with Crippen LogP contribution < -0.4 is 10.1 Å². The third kappa shape index (κ3) is 7.47. The van der Waals surface area contributed by atoms with Crippen LogP contribution in [0.1, 0.15) is 49.1 Å². The van der Waals surface area contributed by atoms with Crippen molar-refractivity contribution in [2.24, 2.45) is 0 Å². The minimum Gasteiger partial charge on any atom is -0.497 e. The summed E-state index contributed by atoms with van der Waals surface area (Å²) in [6.07, 6.45) is 0. The Morgan fingerprint density at radius 1 is 1.00 bits per heavy atom. The number of benzene rings is 3. The Balaban J connectivity index is 2.08. The maximum absolute atomic E-state index is 13.7. The van der Waals surface area contributed by atoms with Crippen LogP contribution in [0.3, 0.4) is 0 Å². The summed E-state index contributed by atoms with van der Waals surface area (Å²) in [7, 11) is 1.60. The Hall–Kier alpha value is -3.56. The number of rotatable bonds is 6. The predicted octanol–water partition coefficient (Wildman–Crippen LogP) is 5.80. The number of ether oxygens (including phenoxy) is 1. The zero-order valence-corrected chi connectivity index (χ0v) is 22.8. The third-order valence-corrected chi connectivity index (χ3v) is 6.12. The second kappa shape index (κ2) is 11.9. The number of hydrogen-bond acceptors (Lipinski definition) is 3. The number of nitrogens with zero attached hydrogens (tertiary/aromatic N) is 1. The molecule has 0 saturated heterocycles. The van der Waals surface area contributed by atoms with Gasteiger partial charge in [0, 0.05) is 28.0 Å². The number of methoxy groups -OCH3 is 1. The molecule has 0 aromatic heterocycles. The van der Waals surface area contributed by atoms with E-state index in [4.69, 9.17) is 4.74 Å². The fourth-order valence-corrected chi connectivity index (χ4v) is 4.13. The monoisotopic (exact) mass is 546 g/mol. The van der Waals surface area contributed by atoms with E-state index in [0.29, 0.717) is 11.3 Å². The molecule has 186 valence electrons. The van der Waals surface area contributed by atoms with E-state index < -0.39 is 17.5 Å². The normalized spacial score (nSPS) is 11.6. The third-order valence-electron chi connectivity index (χ3n) is 5.40. The number of carbonyl (C=O) groups is 2. The van der Waals surface area contributed by atoms with Gasteiger partial charge in [0.25, 0.3) is 5.91 Å². The van der Waals surface area contributed by atoms with Crippen LogP contribution in [0.2, 0.25) is 0 Å². The molecule has 0 fully saturated rings. The smallest absolute Gasteiger partial charge is 0.300 e. The van der Waals surface area contributed by atoms with Gasteiger partial charge in [0.15, 0.2) is 0 Å². The number of halogens is 1. The van der Waals surface area contributed by atoms with Gasteiger partial charge in [0.05, 0.1) is 7.11 Å². The van der Waals surface area contributed by atoms with E-state index in [1.54, 1.807) is 7.11 Å². The van der Waals surface area contributed by atoms with Crippen molar-refractivity contribution in [1.82, 2.24) is 10.2 Å². The first-order chi connectivity index (χ1) is 17.1. The second-order valence-electron chi connectivity index (χ2n) is 9.56. The SMILES string of the molecule is COc1ccc(CN(C(=O)C#Cc2ccc(C)cc2)C(C(=O)NC(C)(C)C)c2ccccc2Br)cc1. The van der Waals surface area contributed by atoms with Crippen LogP contribution >= 0.6 is 15.9 Å². The molecular weight excluding hydrogens is 516 g/mol. The molecule has 0 spiro atoms. The van der Waals surface area contributed by atoms with Crippen LogP contribution in [0.5, 0.6) is 5.75 Å². The van der Waals surface area contributed by atoms with Crippen LogP contribution in [0, 0.1) is 18.8 Å². The molecule has 0 aliphatic rings. The van der Waals surface area contributed by atoms with Crippen LogP contribution in [-0.2, 0) is 16.1 Å². The molecule has 6 heteroatoms. The fourth-order valence-electron chi connectivity index (χ4n) is 3.63. The molecule has 0 bridgehead atoms. The summed E-state index contributed by atoms with van der Waals surface area (Å²) in [4.78, 5) is 28.8. The molecule has 0 saturated carbocycles. The number of amides is 2. The van der Waals surface area contributed by atoms with Crippen LogP contribution in [-0.4, -0.2) is 29.4 Å². The highest BCUT2D eigenvalue weighted by molar-refractivity contribution is 9.10. The maximum Gasteiger partial charge on any atom is 0.300 e. The molecule has 0 heterocycles. The summed E-state index contributed by atoms with van der Waals surface area (Å²) in [5.74, 6) is 5.71. The molecular formula is C30H31BrN2O3. The molecule has 5 nitrogen and oxygen atoms in total. The first-order valence-corrected chi connectivity index (χ1v) is 12.5. The highest BCUT2D eigenvalue weighted by atomic mass is 79.9. The molecule has 2 amide bonds. The van der Waals surface area contributed by atoms with E-state index >= 15 is 0 Å². The Morgan fingerprint density at radius 3 is 2.22 bits per heavy atom. The molecule has 3 aromatic carbocycles. The van der Waals surface area contributed by atoms with Gasteiger partial charge in [-0.1, -0.05) is 69.9 Å². The zero-order chi connectivity index (χ0) is 26.3. The van der Waals surface area contributed by atoms with Crippen molar-refractivity contribution in [2.45, 2.75) is 45.8 Å². The molecule has 3 aromatic rings. The van der Waals surface area contributed by atoms with Gasteiger partial charge >= 0.3 is 0 Å². The van der Waals surface area contributed by atoms with E-state index in [0.717, 1.165) is 21.2 Å². The van der Waals surface area contributed by atoms with Crippen molar-refractivity contribution in [3.8, 4) is 17.6 Å².